The third-order valence-electron chi connectivity index (χ3n) is 5.76. The van der Waals surface area contributed by atoms with E-state index in [1.807, 2.05) is 36.4 Å². The van der Waals surface area contributed by atoms with Crippen molar-refractivity contribution in [2.75, 3.05) is 29.9 Å². The summed E-state index contributed by atoms with van der Waals surface area (Å²) in [5.74, 6) is 0.471. The first-order valence-electron chi connectivity index (χ1n) is 11.4. The van der Waals surface area contributed by atoms with E-state index in [2.05, 4.69) is 21.3 Å². The van der Waals surface area contributed by atoms with E-state index in [0.29, 0.717) is 49.5 Å². The number of rotatable bonds is 8. The number of hydrogen-bond acceptors (Lipinski definition) is 7. The van der Waals surface area contributed by atoms with Gasteiger partial charge in [-0.25, -0.2) is 4.98 Å². The fourth-order valence-electron chi connectivity index (χ4n) is 3.81. The highest BCUT2D eigenvalue weighted by atomic mass is 16.5. The van der Waals surface area contributed by atoms with E-state index < -0.39 is 5.91 Å². The maximum absolute atomic E-state index is 12.4. The molecule has 8 nitrogen and oxygen atoms in total. The van der Waals surface area contributed by atoms with E-state index >= 15 is 0 Å². The number of carbonyl (C=O) groups is 2. The summed E-state index contributed by atoms with van der Waals surface area (Å²) in [6, 6.07) is 22.5. The first-order chi connectivity index (χ1) is 17.1. The lowest BCUT2D eigenvalue weighted by Crippen LogP contribution is -2.38. The van der Waals surface area contributed by atoms with Crippen molar-refractivity contribution < 1.29 is 19.1 Å². The van der Waals surface area contributed by atoms with Crippen LogP contribution in [-0.4, -0.2) is 36.6 Å². The maximum Gasteiger partial charge on any atom is 0.309 e. The van der Waals surface area contributed by atoms with Gasteiger partial charge >= 0.3 is 5.97 Å². The third kappa shape index (κ3) is 6.81. The minimum atomic E-state index is -0.393. The Bertz CT molecular complexity index is 1170. The molecule has 0 saturated carbocycles. The molecule has 178 valence electrons. The van der Waals surface area contributed by atoms with Gasteiger partial charge < -0.3 is 19.7 Å². The Balaban J connectivity index is 1.17. The predicted octanol–water partition coefficient (Wildman–Crippen LogP) is 3.93. The number of nitrogens with one attached hydrogen (secondary N) is 1. The zero-order valence-electron chi connectivity index (χ0n) is 19.2. The molecule has 0 radical (unpaired) electrons. The van der Waals surface area contributed by atoms with Crippen LogP contribution in [0.15, 0.2) is 72.9 Å². The number of esters is 1. The van der Waals surface area contributed by atoms with Crippen molar-refractivity contribution in [2.45, 2.75) is 19.4 Å². The minimum Gasteiger partial charge on any atom is -0.489 e. The lowest BCUT2D eigenvalue weighted by Gasteiger charge is -2.31. The van der Waals surface area contributed by atoms with Crippen LogP contribution in [-0.2, 0) is 20.9 Å². The third-order valence-corrected chi connectivity index (χ3v) is 5.76. The van der Waals surface area contributed by atoms with Crippen LogP contribution in [0.3, 0.4) is 0 Å². The van der Waals surface area contributed by atoms with Crippen LogP contribution in [0.5, 0.6) is 5.75 Å². The molecule has 1 saturated heterocycles. The van der Waals surface area contributed by atoms with Gasteiger partial charge in [0.15, 0.2) is 6.61 Å². The first-order valence-corrected chi connectivity index (χ1v) is 11.4. The summed E-state index contributed by atoms with van der Waals surface area (Å²) < 4.78 is 11.0. The van der Waals surface area contributed by atoms with Crippen LogP contribution in [0.1, 0.15) is 24.0 Å². The second kappa shape index (κ2) is 11.7. The molecule has 35 heavy (non-hydrogen) atoms. The van der Waals surface area contributed by atoms with Gasteiger partial charge in [0, 0.05) is 25.0 Å². The quantitative estimate of drug-likeness (QED) is 0.497. The standard InChI is InChI=1S/C27H26N4O4/c28-16-21-6-11-25(29-17-21)31-14-12-22(13-15-31)27(33)35-19-26(32)30-23-7-9-24(10-8-23)34-18-20-4-2-1-3-5-20/h1-11,17,22H,12-15,18-19H2,(H,30,32). The number of piperidine rings is 1. The molecular formula is C27H26N4O4. The summed E-state index contributed by atoms with van der Waals surface area (Å²) >= 11 is 0. The van der Waals surface area contributed by atoms with Gasteiger partial charge in [0.1, 0.15) is 24.2 Å². The molecule has 4 rings (SSSR count). The van der Waals surface area contributed by atoms with E-state index in [9.17, 15) is 9.59 Å². The molecule has 1 amide bonds. The van der Waals surface area contributed by atoms with Crippen molar-refractivity contribution in [1.82, 2.24) is 4.98 Å². The number of anilines is 2. The molecule has 0 spiro atoms. The normalized spacial score (nSPS) is 13.5. The van der Waals surface area contributed by atoms with Crippen LogP contribution in [0.25, 0.3) is 0 Å². The second-order valence-electron chi connectivity index (χ2n) is 8.23. The molecule has 1 aliphatic heterocycles. The summed E-state index contributed by atoms with van der Waals surface area (Å²) in [6.07, 6.45) is 2.78. The Morgan fingerprint density at radius 3 is 2.43 bits per heavy atom. The summed E-state index contributed by atoms with van der Waals surface area (Å²) in [6.45, 7) is 1.45. The number of ether oxygens (including phenoxy) is 2. The molecule has 0 bridgehead atoms. The van der Waals surface area contributed by atoms with Gasteiger partial charge in [0.05, 0.1) is 11.5 Å². The minimum absolute atomic E-state index is 0.251. The summed E-state index contributed by atoms with van der Waals surface area (Å²) in [5, 5.41) is 11.6. The number of benzene rings is 2. The molecule has 2 heterocycles. The molecule has 0 atom stereocenters. The highest BCUT2D eigenvalue weighted by Crippen LogP contribution is 2.23. The van der Waals surface area contributed by atoms with Crippen LogP contribution < -0.4 is 15.0 Å². The maximum atomic E-state index is 12.4. The summed E-state index contributed by atoms with van der Waals surface area (Å²) in [4.78, 5) is 31.0. The number of nitrogens with zero attached hydrogens (tertiary/aromatic N) is 3. The molecule has 1 aromatic heterocycles. The molecule has 3 aromatic rings. The van der Waals surface area contributed by atoms with Crippen LogP contribution in [0, 0.1) is 17.2 Å². The highest BCUT2D eigenvalue weighted by molar-refractivity contribution is 5.93. The Kier molecular flexibility index (Phi) is 7.92. The van der Waals surface area contributed by atoms with Gasteiger partial charge in [-0.15, -0.1) is 0 Å². The largest absolute Gasteiger partial charge is 0.489 e. The topological polar surface area (TPSA) is 105 Å². The second-order valence-corrected chi connectivity index (χ2v) is 8.23. The Labute approximate surface area is 204 Å². The zero-order chi connectivity index (χ0) is 24.5. The van der Waals surface area contributed by atoms with Gasteiger partial charge in [-0.3, -0.25) is 9.59 Å². The van der Waals surface area contributed by atoms with Gasteiger partial charge in [-0.05, 0) is 54.8 Å². The van der Waals surface area contributed by atoms with E-state index in [-0.39, 0.29) is 18.5 Å². The summed E-state index contributed by atoms with van der Waals surface area (Å²) in [5.41, 5.74) is 2.18. The van der Waals surface area contributed by atoms with Crippen LogP contribution >= 0.6 is 0 Å². The monoisotopic (exact) mass is 470 g/mol. The van der Waals surface area contributed by atoms with Crippen molar-refractivity contribution in [1.29, 1.82) is 5.26 Å². The molecule has 8 heteroatoms. The summed E-state index contributed by atoms with van der Waals surface area (Å²) in [7, 11) is 0. The van der Waals surface area contributed by atoms with Crippen LogP contribution in [0.4, 0.5) is 11.5 Å². The Hall–Kier alpha value is -4.38. The van der Waals surface area contributed by atoms with Crippen molar-refractivity contribution in [3.8, 4) is 11.8 Å². The molecule has 0 aliphatic carbocycles. The molecule has 0 unspecified atom stereocenters. The number of amides is 1. The van der Waals surface area contributed by atoms with Crippen molar-refractivity contribution in [3.63, 3.8) is 0 Å². The van der Waals surface area contributed by atoms with Crippen LogP contribution in [0.2, 0.25) is 0 Å². The fourth-order valence-corrected chi connectivity index (χ4v) is 3.81. The average Bonchev–Trinajstić information content (AvgIpc) is 2.92. The molecule has 1 N–H and O–H groups in total. The number of carbonyl (C=O) groups excluding carboxylic acids is 2. The lowest BCUT2D eigenvalue weighted by atomic mass is 9.97. The lowest BCUT2D eigenvalue weighted by molar-refractivity contribution is -0.152. The SMILES string of the molecule is N#Cc1ccc(N2CCC(C(=O)OCC(=O)Nc3ccc(OCc4ccccc4)cc3)CC2)nc1. The Morgan fingerprint density at radius 1 is 1.03 bits per heavy atom. The zero-order valence-corrected chi connectivity index (χ0v) is 19.2. The molecule has 2 aromatic carbocycles. The van der Waals surface area contributed by atoms with Gasteiger partial charge in [-0.1, -0.05) is 30.3 Å². The predicted molar refractivity (Wildman–Crippen MR) is 131 cm³/mol. The first kappa shape index (κ1) is 23.8. The number of aromatic nitrogens is 1. The highest BCUT2D eigenvalue weighted by Gasteiger charge is 2.27. The fraction of sp³-hybridized carbons (Fsp3) is 0.259. The number of hydrogen-bond donors (Lipinski definition) is 1. The smallest absolute Gasteiger partial charge is 0.309 e. The van der Waals surface area contributed by atoms with E-state index in [4.69, 9.17) is 14.7 Å². The molecule has 1 fully saturated rings. The average molecular weight is 471 g/mol. The number of nitriles is 1. The van der Waals surface area contributed by atoms with Crippen molar-refractivity contribution >= 4 is 23.4 Å². The van der Waals surface area contributed by atoms with Gasteiger partial charge in [-0.2, -0.15) is 5.26 Å². The Morgan fingerprint density at radius 2 is 1.77 bits per heavy atom. The van der Waals surface area contributed by atoms with E-state index in [1.165, 1.54) is 0 Å². The van der Waals surface area contributed by atoms with Crippen molar-refractivity contribution in [2.24, 2.45) is 5.92 Å². The van der Waals surface area contributed by atoms with Crippen molar-refractivity contribution in [3.05, 3.63) is 84.1 Å². The van der Waals surface area contributed by atoms with E-state index in [0.717, 1.165) is 11.4 Å². The van der Waals surface area contributed by atoms with Gasteiger partial charge in [0.2, 0.25) is 0 Å². The molecular weight excluding hydrogens is 444 g/mol. The van der Waals surface area contributed by atoms with Gasteiger partial charge in [0.25, 0.3) is 5.91 Å². The molecule has 1 aliphatic rings. The number of pyridine rings is 1. The van der Waals surface area contributed by atoms with E-state index in [1.54, 1.807) is 36.5 Å².